The molecule has 1 aromatic carbocycles. The van der Waals surface area contributed by atoms with Crippen LogP contribution in [0.1, 0.15) is 17.9 Å². The van der Waals surface area contributed by atoms with Crippen molar-refractivity contribution in [3.63, 3.8) is 0 Å². The molecule has 2 aromatic rings. The van der Waals surface area contributed by atoms with E-state index in [-0.39, 0.29) is 9.59 Å². The molecular weight excluding hydrogens is 370 g/mol. The Hall–Kier alpha value is -0.560. The molecule has 0 fully saturated rings. The summed E-state index contributed by atoms with van der Waals surface area (Å²) in [4.78, 5) is 0. The number of rotatable bonds is 4. The molecule has 102 valence electrons. The third-order valence-corrected chi connectivity index (χ3v) is 6.16. The predicted octanol–water partition coefficient (Wildman–Crippen LogP) is 4.61. The van der Waals surface area contributed by atoms with Crippen molar-refractivity contribution in [1.82, 2.24) is 0 Å². The average molecular weight is 381 g/mol. The van der Waals surface area contributed by atoms with E-state index in [4.69, 9.17) is 11.6 Å². The minimum Gasteiger partial charge on any atom is -0.279 e. The van der Waals surface area contributed by atoms with Gasteiger partial charge in [0.05, 0.1) is 14.9 Å². The van der Waals surface area contributed by atoms with Crippen LogP contribution in [0, 0.1) is 0 Å². The van der Waals surface area contributed by atoms with Crippen molar-refractivity contribution < 1.29 is 8.42 Å². The van der Waals surface area contributed by atoms with Crippen molar-refractivity contribution in [1.29, 1.82) is 0 Å². The molecule has 0 amide bonds. The van der Waals surface area contributed by atoms with Gasteiger partial charge >= 0.3 is 0 Å². The highest BCUT2D eigenvalue weighted by Crippen LogP contribution is 2.31. The van der Waals surface area contributed by atoms with Gasteiger partial charge in [0.2, 0.25) is 0 Å². The molecule has 0 saturated carbocycles. The van der Waals surface area contributed by atoms with Gasteiger partial charge in [0, 0.05) is 0 Å². The van der Waals surface area contributed by atoms with Gasteiger partial charge in [-0.3, -0.25) is 4.72 Å². The van der Waals surface area contributed by atoms with Gasteiger partial charge in [0.25, 0.3) is 10.0 Å². The van der Waals surface area contributed by atoms with Crippen LogP contribution in [0.2, 0.25) is 0 Å². The molecule has 1 N–H and O–H groups in total. The molecule has 2 rings (SSSR count). The van der Waals surface area contributed by atoms with E-state index in [1.807, 2.05) is 6.07 Å². The number of anilines is 1. The zero-order valence-corrected chi connectivity index (χ0v) is 13.9. The van der Waals surface area contributed by atoms with E-state index in [1.165, 1.54) is 0 Å². The van der Waals surface area contributed by atoms with Crippen LogP contribution in [0.15, 0.2) is 44.4 Å². The molecule has 0 spiro atoms. The Bertz CT molecular complexity index is 683. The summed E-state index contributed by atoms with van der Waals surface area (Å²) in [5, 5.41) is -0.269. The minimum absolute atomic E-state index is 0.261. The number of para-hydroxylation sites is 1. The maximum atomic E-state index is 12.2. The number of sulfonamides is 1. The minimum atomic E-state index is -3.57. The van der Waals surface area contributed by atoms with Crippen molar-refractivity contribution in [3.05, 3.63) is 45.7 Å². The fraction of sp³-hybridized carbons (Fsp3) is 0.167. The van der Waals surface area contributed by atoms with Crippen LogP contribution in [-0.4, -0.2) is 8.42 Å². The summed E-state index contributed by atoms with van der Waals surface area (Å²) in [6, 6.07) is 10.4. The van der Waals surface area contributed by atoms with Gasteiger partial charge in [-0.15, -0.1) is 22.9 Å². The Morgan fingerprint density at radius 3 is 2.53 bits per heavy atom. The van der Waals surface area contributed by atoms with Crippen molar-refractivity contribution in [2.24, 2.45) is 0 Å². The van der Waals surface area contributed by atoms with Gasteiger partial charge in [-0.25, -0.2) is 8.42 Å². The first-order valence-electron chi connectivity index (χ1n) is 5.41. The van der Waals surface area contributed by atoms with E-state index in [2.05, 4.69) is 20.7 Å². The Balaban J connectivity index is 2.36. The summed E-state index contributed by atoms with van der Waals surface area (Å²) < 4.78 is 28.1. The molecule has 0 bridgehead atoms. The van der Waals surface area contributed by atoms with Crippen molar-refractivity contribution >= 4 is 54.6 Å². The summed E-state index contributed by atoms with van der Waals surface area (Å²) in [5.74, 6) is 0. The molecule has 3 nitrogen and oxygen atoms in total. The van der Waals surface area contributed by atoms with E-state index < -0.39 is 10.0 Å². The molecule has 1 aromatic heterocycles. The monoisotopic (exact) mass is 379 g/mol. The second-order valence-corrected chi connectivity index (χ2v) is 8.89. The average Bonchev–Trinajstić information content (AvgIpc) is 2.76. The smallest absolute Gasteiger partial charge is 0.271 e. The second kappa shape index (κ2) is 5.83. The predicted molar refractivity (Wildman–Crippen MR) is 83.5 cm³/mol. The Kier molecular flexibility index (Phi) is 4.55. The SMILES string of the molecule is CC(Cl)c1ccccc1NS(=O)(=O)c1ccc(Br)s1. The lowest BCUT2D eigenvalue weighted by molar-refractivity contribution is 0.603. The highest BCUT2D eigenvalue weighted by molar-refractivity contribution is 9.11. The van der Waals surface area contributed by atoms with Crippen LogP contribution < -0.4 is 4.72 Å². The summed E-state index contributed by atoms with van der Waals surface area (Å²) in [6.45, 7) is 1.80. The highest BCUT2D eigenvalue weighted by atomic mass is 79.9. The number of alkyl halides is 1. The summed E-state index contributed by atoms with van der Waals surface area (Å²) in [6.07, 6.45) is 0. The van der Waals surface area contributed by atoms with E-state index in [0.717, 1.165) is 20.7 Å². The van der Waals surface area contributed by atoms with Crippen LogP contribution in [-0.2, 0) is 10.0 Å². The molecule has 1 unspecified atom stereocenters. The van der Waals surface area contributed by atoms with Crippen LogP contribution >= 0.6 is 38.9 Å². The molecule has 7 heteroatoms. The lowest BCUT2D eigenvalue weighted by Gasteiger charge is -2.12. The number of nitrogens with one attached hydrogen (secondary N) is 1. The molecule has 0 radical (unpaired) electrons. The lowest BCUT2D eigenvalue weighted by atomic mass is 10.1. The van der Waals surface area contributed by atoms with Gasteiger partial charge < -0.3 is 0 Å². The number of thiophene rings is 1. The van der Waals surface area contributed by atoms with Gasteiger partial charge in [-0.05, 0) is 46.6 Å². The summed E-state index contributed by atoms with van der Waals surface area (Å²) >= 11 is 10.5. The third-order valence-electron chi connectivity index (χ3n) is 2.45. The molecule has 0 aliphatic carbocycles. The summed E-state index contributed by atoms with van der Waals surface area (Å²) in [7, 11) is -3.57. The quantitative estimate of drug-likeness (QED) is 0.787. The molecule has 0 aliphatic rings. The van der Waals surface area contributed by atoms with Gasteiger partial charge in [-0.1, -0.05) is 18.2 Å². The number of benzene rings is 1. The first-order valence-corrected chi connectivity index (χ1v) is 8.94. The number of halogens is 2. The topological polar surface area (TPSA) is 46.2 Å². The zero-order valence-electron chi connectivity index (χ0n) is 9.93. The Morgan fingerprint density at radius 2 is 1.95 bits per heavy atom. The van der Waals surface area contributed by atoms with E-state index in [0.29, 0.717) is 5.69 Å². The Morgan fingerprint density at radius 1 is 1.26 bits per heavy atom. The van der Waals surface area contributed by atoms with Gasteiger partial charge in [0.1, 0.15) is 4.21 Å². The molecule has 1 atom stereocenters. The van der Waals surface area contributed by atoms with E-state index in [1.54, 1.807) is 37.3 Å². The van der Waals surface area contributed by atoms with Gasteiger partial charge in [-0.2, -0.15) is 0 Å². The first kappa shape index (κ1) is 14.8. The zero-order chi connectivity index (χ0) is 14.0. The maximum Gasteiger partial charge on any atom is 0.271 e. The lowest BCUT2D eigenvalue weighted by Crippen LogP contribution is -2.13. The molecular formula is C12H11BrClNO2S2. The maximum absolute atomic E-state index is 12.2. The van der Waals surface area contributed by atoms with Crippen molar-refractivity contribution in [2.75, 3.05) is 4.72 Å². The summed E-state index contributed by atoms with van der Waals surface area (Å²) in [5.41, 5.74) is 1.26. The standard InChI is InChI=1S/C12H11BrClNO2S2/c1-8(14)9-4-2-3-5-10(9)15-19(16,17)12-7-6-11(13)18-12/h2-8,15H,1H3. The molecule has 0 aliphatic heterocycles. The fourth-order valence-corrected chi connectivity index (χ4v) is 4.86. The molecule has 1 heterocycles. The number of hydrogen-bond donors (Lipinski definition) is 1. The van der Waals surface area contributed by atoms with Crippen LogP contribution in [0.25, 0.3) is 0 Å². The molecule has 0 saturated heterocycles. The van der Waals surface area contributed by atoms with Crippen LogP contribution in [0.4, 0.5) is 5.69 Å². The van der Waals surface area contributed by atoms with E-state index in [9.17, 15) is 8.42 Å². The van der Waals surface area contributed by atoms with Crippen molar-refractivity contribution in [2.45, 2.75) is 16.5 Å². The van der Waals surface area contributed by atoms with Crippen LogP contribution in [0.3, 0.4) is 0 Å². The Labute approximate surface area is 129 Å². The fourth-order valence-electron chi connectivity index (χ4n) is 1.57. The third kappa shape index (κ3) is 3.51. The largest absolute Gasteiger partial charge is 0.279 e. The van der Waals surface area contributed by atoms with E-state index >= 15 is 0 Å². The van der Waals surface area contributed by atoms with Crippen LogP contribution in [0.5, 0.6) is 0 Å². The second-order valence-electron chi connectivity index (χ2n) is 3.87. The van der Waals surface area contributed by atoms with Gasteiger partial charge in [0.15, 0.2) is 0 Å². The van der Waals surface area contributed by atoms with Crippen molar-refractivity contribution in [3.8, 4) is 0 Å². The highest BCUT2D eigenvalue weighted by Gasteiger charge is 2.19. The first-order chi connectivity index (χ1) is 8.90. The molecule has 19 heavy (non-hydrogen) atoms. The number of hydrogen-bond acceptors (Lipinski definition) is 3. The normalized spacial score (nSPS) is 13.2.